The molecule has 1 atom stereocenters. The number of aromatic nitrogens is 2. The van der Waals surface area contributed by atoms with E-state index in [2.05, 4.69) is 5.32 Å². The summed E-state index contributed by atoms with van der Waals surface area (Å²) in [5, 5.41) is 2.66. The number of ketones is 1. The van der Waals surface area contributed by atoms with Gasteiger partial charge in [-0.05, 0) is 19.8 Å². The summed E-state index contributed by atoms with van der Waals surface area (Å²) in [4.78, 5) is 35.0. The van der Waals surface area contributed by atoms with Crippen molar-refractivity contribution in [2.24, 2.45) is 5.92 Å². The zero-order valence-electron chi connectivity index (χ0n) is 11.8. The van der Waals surface area contributed by atoms with Gasteiger partial charge >= 0.3 is 5.69 Å². The molecule has 1 amide bonds. The molecule has 106 valence electrons. The van der Waals surface area contributed by atoms with E-state index in [1.807, 2.05) is 20.8 Å². The van der Waals surface area contributed by atoms with Crippen molar-refractivity contribution in [3.8, 4) is 0 Å². The number of amides is 1. The second-order valence-electron chi connectivity index (χ2n) is 4.89. The van der Waals surface area contributed by atoms with Gasteiger partial charge in [0, 0.05) is 18.9 Å². The van der Waals surface area contributed by atoms with Crippen LogP contribution in [-0.2, 0) is 22.7 Å². The first-order chi connectivity index (χ1) is 8.86. The van der Waals surface area contributed by atoms with Gasteiger partial charge in [-0.1, -0.05) is 13.8 Å². The Morgan fingerprint density at radius 3 is 2.26 bits per heavy atom. The van der Waals surface area contributed by atoms with Crippen LogP contribution in [-0.4, -0.2) is 26.9 Å². The molecule has 0 aliphatic rings. The first-order valence-electron chi connectivity index (χ1n) is 6.42. The lowest BCUT2D eigenvalue weighted by Gasteiger charge is -2.19. The van der Waals surface area contributed by atoms with E-state index in [-0.39, 0.29) is 29.8 Å². The van der Waals surface area contributed by atoms with Crippen molar-refractivity contribution in [2.75, 3.05) is 0 Å². The van der Waals surface area contributed by atoms with Gasteiger partial charge < -0.3 is 5.32 Å². The minimum absolute atomic E-state index is 0.0263. The number of imidazole rings is 1. The average molecular weight is 267 g/mol. The molecule has 0 bridgehead atoms. The Bertz CT molecular complexity index is 513. The van der Waals surface area contributed by atoms with Gasteiger partial charge in [0.2, 0.25) is 5.91 Å². The molecule has 0 aliphatic heterocycles. The van der Waals surface area contributed by atoms with E-state index < -0.39 is 6.04 Å². The Hall–Kier alpha value is -1.85. The van der Waals surface area contributed by atoms with Gasteiger partial charge in [0.05, 0.1) is 6.04 Å². The molecule has 1 rings (SSSR count). The van der Waals surface area contributed by atoms with Crippen LogP contribution in [0.5, 0.6) is 0 Å². The van der Waals surface area contributed by atoms with Crippen LogP contribution >= 0.6 is 0 Å². The summed E-state index contributed by atoms with van der Waals surface area (Å²) in [6, 6.07) is -0.503. The fourth-order valence-electron chi connectivity index (χ4n) is 1.93. The fraction of sp³-hybridized carbons (Fsp3) is 0.615. The zero-order valence-corrected chi connectivity index (χ0v) is 11.8. The van der Waals surface area contributed by atoms with Crippen LogP contribution in [0.15, 0.2) is 17.2 Å². The normalized spacial score (nSPS) is 12.5. The van der Waals surface area contributed by atoms with Gasteiger partial charge in [-0.25, -0.2) is 4.79 Å². The number of hydrogen-bond donors (Lipinski definition) is 1. The quantitative estimate of drug-likeness (QED) is 0.811. The molecule has 1 aromatic heterocycles. The summed E-state index contributed by atoms with van der Waals surface area (Å²) in [5.41, 5.74) is -0.221. The van der Waals surface area contributed by atoms with Crippen molar-refractivity contribution in [3.63, 3.8) is 0 Å². The van der Waals surface area contributed by atoms with Gasteiger partial charge in [-0.3, -0.25) is 18.7 Å². The zero-order chi connectivity index (χ0) is 14.6. The lowest BCUT2D eigenvalue weighted by atomic mass is 10.0. The number of carbonyl (C=O) groups excluding carboxylic acids is 2. The number of hydrogen-bond acceptors (Lipinski definition) is 3. The molecule has 6 heteroatoms. The van der Waals surface area contributed by atoms with E-state index in [1.54, 1.807) is 12.4 Å². The predicted molar refractivity (Wildman–Crippen MR) is 71.8 cm³/mol. The maximum absolute atomic E-state index is 11.8. The molecule has 0 radical (unpaired) electrons. The van der Waals surface area contributed by atoms with Gasteiger partial charge in [0.1, 0.15) is 6.54 Å². The Kier molecular flexibility index (Phi) is 5.09. The third kappa shape index (κ3) is 3.81. The largest absolute Gasteiger partial charge is 0.344 e. The van der Waals surface area contributed by atoms with E-state index in [0.717, 1.165) is 0 Å². The van der Waals surface area contributed by atoms with E-state index in [4.69, 9.17) is 0 Å². The highest BCUT2D eigenvalue weighted by atomic mass is 16.2. The van der Waals surface area contributed by atoms with Gasteiger partial charge in [0.25, 0.3) is 0 Å². The maximum atomic E-state index is 11.8. The molecule has 1 unspecified atom stereocenters. The maximum Gasteiger partial charge on any atom is 0.328 e. The van der Waals surface area contributed by atoms with Crippen molar-refractivity contribution in [1.29, 1.82) is 0 Å². The van der Waals surface area contributed by atoms with E-state index >= 15 is 0 Å². The molecule has 0 aromatic carbocycles. The summed E-state index contributed by atoms with van der Waals surface area (Å²) in [6.07, 6.45) is 3.21. The topological polar surface area (TPSA) is 73.1 Å². The highest BCUT2D eigenvalue weighted by Crippen LogP contribution is 2.02. The minimum atomic E-state index is -0.503. The van der Waals surface area contributed by atoms with Gasteiger partial charge in [0.15, 0.2) is 5.78 Å². The smallest absolute Gasteiger partial charge is 0.328 e. The highest BCUT2D eigenvalue weighted by molar-refractivity contribution is 5.87. The van der Waals surface area contributed by atoms with E-state index in [0.29, 0.717) is 6.54 Å². The predicted octanol–water partition coefficient (Wildman–Crippen LogP) is 0.399. The Morgan fingerprint density at radius 1 is 1.26 bits per heavy atom. The third-order valence-electron chi connectivity index (χ3n) is 2.99. The number of Topliss-reactive ketones (excluding diaryl/α,β-unsaturated/α-hetero) is 1. The number of nitrogens with one attached hydrogen (secondary N) is 1. The Morgan fingerprint density at radius 2 is 1.84 bits per heavy atom. The van der Waals surface area contributed by atoms with E-state index in [1.165, 1.54) is 16.1 Å². The summed E-state index contributed by atoms with van der Waals surface area (Å²) in [5.74, 6) is -0.384. The Labute approximate surface area is 112 Å². The highest BCUT2D eigenvalue weighted by Gasteiger charge is 2.20. The molecule has 0 saturated carbocycles. The molecule has 1 aromatic rings. The molecular weight excluding hydrogens is 246 g/mol. The van der Waals surface area contributed by atoms with Crippen LogP contribution in [0.25, 0.3) is 0 Å². The summed E-state index contributed by atoms with van der Waals surface area (Å²) in [7, 11) is 0. The first-order valence-corrected chi connectivity index (χ1v) is 6.42. The van der Waals surface area contributed by atoms with Gasteiger partial charge in [-0.15, -0.1) is 0 Å². The van der Waals surface area contributed by atoms with Gasteiger partial charge in [-0.2, -0.15) is 0 Å². The van der Waals surface area contributed by atoms with Crippen LogP contribution in [0.4, 0.5) is 0 Å². The molecule has 19 heavy (non-hydrogen) atoms. The van der Waals surface area contributed by atoms with Crippen LogP contribution in [0.2, 0.25) is 0 Å². The monoisotopic (exact) mass is 267 g/mol. The second-order valence-corrected chi connectivity index (χ2v) is 4.89. The lowest BCUT2D eigenvalue weighted by molar-refractivity contribution is -0.128. The minimum Gasteiger partial charge on any atom is -0.344 e. The van der Waals surface area contributed by atoms with Crippen molar-refractivity contribution >= 4 is 11.7 Å². The Balaban J connectivity index is 2.72. The molecule has 1 heterocycles. The van der Waals surface area contributed by atoms with Crippen molar-refractivity contribution in [2.45, 2.75) is 46.8 Å². The molecule has 1 N–H and O–H groups in total. The van der Waals surface area contributed by atoms with Crippen LogP contribution in [0, 0.1) is 5.92 Å². The molecule has 0 aliphatic carbocycles. The summed E-state index contributed by atoms with van der Waals surface area (Å²) < 4.78 is 2.84. The standard InChI is InChI=1S/C13H21N3O3/c1-5-15-6-7-16(13(15)19)8-11(18)14-12(9(2)3)10(4)17/h6-7,9,12H,5,8H2,1-4H3,(H,14,18). The van der Waals surface area contributed by atoms with Crippen LogP contribution < -0.4 is 11.0 Å². The molecular formula is C13H21N3O3. The lowest BCUT2D eigenvalue weighted by Crippen LogP contribution is -2.45. The number of carbonyl (C=O) groups is 2. The van der Waals surface area contributed by atoms with E-state index in [9.17, 15) is 14.4 Å². The molecule has 0 fully saturated rings. The molecule has 6 nitrogen and oxygen atoms in total. The third-order valence-corrected chi connectivity index (χ3v) is 2.99. The fourth-order valence-corrected chi connectivity index (χ4v) is 1.93. The first kappa shape index (κ1) is 15.2. The van der Waals surface area contributed by atoms with Crippen molar-refractivity contribution in [3.05, 3.63) is 22.9 Å². The van der Waals surface area contributed by atoms with Crippen LogP contribution in [0.3, 0.4) is 0 Å². The summed E-state index contributed by atoms with van der Waals surface area (Å²) >= 11 is 0. The second kappa shape index (κ2) is 6.36. The summed E-state index contributed by atoms with van der Waals surface area (Å²) in [6.45, 7) is 7.54. The van der Waals surface area contributed by atoms with Crippen LogP contribution in [0.1, 0.15) is 27.7 Å². The number of nitrogens with zero attached hydrogens (tertiary/aromatic N) is 2. The average Bonchev–Trinajstić information content (AvgIpc) is 2.66. The molecule has 0 spiro atoms. The van der Waals surface area contributed by atoms with Crippen molar-refractivity contribution in [1.82, 2.24) is 14.5 Å². The molecule has 0 saturated heterocycles. The number of rotatable bonds is 6. The van der Waals surface area contributed by atoms with Crippen molar-refractivity contribution < 1.29 is 9.59 Å². The SMILES string of the molecule is CCn1ccn(CC(=O)NC(C(C)=O)C(C)C)c1=O. The number of aryl methyl sites for hydroxylation is 1.